The van der Waals surface area contributed by atoms with E-state index in [1.165, 1.54) is 12.1 Å². The molecule has 0 unspecified atom stereocenters. The maximum atomic E-state index is 14.0. The Morgan fingerprint density at radius 2 is 1.84 bits per heavy atom. The van der Waals surface area contributed by atoms with E-state index in [0.717, 1.165) is 74.8 Å². The van der Waals surface area contributed by atoms with Gasteiger partial charge in [0, 0.05) is 63.4 Å². The highest BCUT2D eigenvalue weighted by molar-refractivity contribution is 7.96. The van der Waals surface area contributed by atoms with Gasteiger partial charge >= 0.3 is 0 Å². The van der Waals surface area contributed by atoms with E-state index in [9.17, 15) is 8.78 Å². The molecule has 2 aliphatic heterocycles. The lowest BCUT2D eigenvalue weighted by Crippen LogP contribution is -2.47. The van der Waals surface area contributed by atoms with Gasteiger partial charge in [0.1, 0.15) is 11.6 Å². The summed E-state index contributed by atoms with van der Waals surface area (Å²) in [5.41, 5.74) is 2.67. The van der Waals surface area contributed by atoms with Crippen LogP contribution in [0.5, 0.6) is 0 Å². The van der Waals surface area contributed by atoms with E-state index in [-0.39, 0.29) is 6.04 Å². The Balaban J connectivity index is 1.48. The van der Waals surface area contributed by atoms with Gasteiger partial charge in [0.15, 0.2) is 11.6 Å². The van der Waals surface area contributed by atoms with Gasteiger partial charge < -0.3 is 10.2 Å². The van der Waals surface area contributed by atoms with E-state index in [4.69, 9.17) is 9.97 Å². The predicted octanol–water partition coefficient (Wildman–Crippen LogP) is 3.53. The molecule has 168 valence electrons. The summed E-state index contributed by atoms with van der Waals surface area (Å²) >= 11 is 1.75. The van der Waals surface area contributed by atoms with E-state index >= 15 is 0 Å². The third-order valence-corrected chi connectivity index (χ3v) is 6.55. The molecular weight excluding hydrogens is 418 g/mol. The first kappa shape index (κ1) is 22.2. The first-order chi connectivity index (χ1) is 14.9. The molecule has 9 heteroatoms. The molecule has 1 saturated heterocycles. The topological polar surface area (TPSA) is 47.5 Å². The second kappa shape index (κ2) is 9.67. The zero-order valence-corrected chi connectivity index (χ0v) is 19.2. The van der Waals surface area contributed by atoms with E-state index in [1.807, 2.05) is 0 Å². The molecule has 0 spiro atoms. The van der Waals surface area contributed by atoms with E-state index in [2.05, 4.69) is 39.5 Å². The van der Waals surface area contributed by atoms with Crippen molar-refractivity contribution in [2.75, 3.05) is 49.2 Å². The van der Waals surface area contributed by atoms with Crippen LogP contribution in [0.3, 0.4) is 0 Å². The van der Waals surface area contributed by atoms with E-state index in [1.54, 1.807) is 11.9 Å². The number of piperazine rings is 1. The fourth-order valence-electron chi connectivity index (χ4n) is 4.05. The molecular formula is C22H30F2N6S. The average Bonchev–Trinajstić information content (AvgIpc) is 2.75. The molecule has 0 aliphatic carbocycles. The van der Waals surface area contributed by atoms with Gasteiger partial charge in [0.2, 0.25) is 0 Å². The number of hydrogen-bond donors (Lipinski definition) is 1. The van der Waals surface area contributed by atoms with Crippen LogP contribution in [-0.4, -0.2) is 64.2 Å². The van der Waals surface area contributed by atoms with Crippen LogP contribution in [0.25, 0.3) is 0 Å². The lowest BCUT2D eigenvalue weighted by molar-refractivity contribution is 0.246. The van der Waals surface area contributed by atoms with Crippen molar-refractivity contribution in [2.24, 2.45) is 0 Å². The maximum Gasteiger partial charge on any atom is 0.172 e. The quantitative estimate of drug-likeness (QED) is 0.679. The lowest BCUT2D eigenvalue weighted by atomic mass is 10.1. The first-order valence-corrected chi connectivity index (χ1v) is 12.0. The number of aromatic nitrogens is 2. The zero-order valence-electron chi connectivity index (χ0n) is 18.4. The number of nitrogens with one attached hydrogen (secondary N) is 1. The molecule has 31 heavy (non-hydrogen) atoms. The van der Waals surface area contributed by atoms with Crippen LogP contribution in [0.15, 0.2) is 18.2 Å². The summed E-state index contributed by atoms with van der Waals surface area (Å²) in [7, 11) is 0. The molecule has 1 N–H and O–H groups in total. The fraction of sp³-hybridized carbons (Fsp3) is 0.545. The summed E-state index contributed by atoms with van der Waals surface area (Å²) in [4.78, 5) is 14.5. The molecule has 2 aromatic rings. The Kier molecular flexibility index (Phi) is 6.93. The van der Waals surface area contributed by atoms with Gasteiger partial charge in [-0.2, -0.15) is 0 Å². The Bertz CT molecular complexity index is 917. The van der Waals surface area contributed by atoms with Gasteiger partial charge in [0.05, 0.1) is 17.9 Å². The second-order valence-corrected chi connectivity index (χ2v) is 9.26. The average molecular weight is 449 g/mol. The van der Waals surface area contributed by atoms with Crippen molar-refractivity contribution in [3.8, 4) is 0 Å². The standard InChI is InChI=1S/C22H30F2N6S/c1-15(2)25-21-22(27-19-6-7-30(31-3)14-20(19)26-21)29-10-8-28(9-11-29)13-16-4-5-17(23)12-18(16)24/h4-5,12,15H,6-11,13-14H2,1-3H3,(H,25,26). The highest BCUT2D eigenvalue weighted by Crippen LogP contribution is 2.29. The molecule has 4 rings (SSSR count). The van der Waals surface area contributed by atoms with Crippen molar-refractivity contribution in [1.82, 2.24) is 19.2 Å². The number of anilines is 2. The van der Waals surface area contributed by atoms with Crippen molar-refractivity contribution in [2.45, 2.75) is 39.4 Å². The molecule has 0 radical (unpaired) electrons. The zero-order chi connectivity index (χ0) is 22.0. The summed E-state index contributed by atoms with van der Waals surface area (Å²) in [6.07, 6.45) is 3.00. The minimum atomic E-state index is -0.539. The third kappa shape index (κ3) is 5.27. The van der Waals surface area contributed by atoms with Gasteiger partial charge in [-0.25, -0.2) is 23.1 Å². The molecule has 3 heterocycles. The van der Waals surface area contributed by atoms with E-state index in [0.29, 0.717) is 12.1 Å². The fourth-order valence-corrected chi connectivity index (χ4v) is 4.58. The van der Waals surface area contributed by atoms with Crippen LogP contribution < -0.4 is 10.2 Å². The normalized spacial score (nSPS) is 17.8. The van der Waals surface area contributed by atoms with Crippen molar-refractivity contribution < 1.29 is 8.78 Å². The Labute approximate surface area is 187 Å². The predicted molar refractivity (Wildman–Crippen MR) is 122 cm³/mol. The molecule has 1 aromatic heterocycles. The molecule has 6 nitrogen and oxygen atoms in total. The summed E-state index contributed by atoms with van der Waals surface area (Å²) in [5.74, 6) is 0.737. The smallest absolute Gasteiger partial charge is 0.172 e. The van der Waals surface area contributed by atoms with Crippen LogP contribution in [0.2, 0.25) is 0 Å². The maximum absolute atomic E-state index is 14.0. The molecule has 0 saturated carbocycles. The highest BCUT2D eigenvalue weighted by Gasteiger charge is 2.26. The van der Waals surface area contributed by atoms with Gasteiger partial charge in [-0.3, -0.25) is 4.90 Å². The minimum absolute atomic E-state index is 0.258. The number of halogens is 2. The van der Waals surface area contributed by atoms with Crippen molar-refractivity contribution >= 4 is 23.6 Å². The molecule has 0 atom stereocenters. The number of hydrogen-bond acceptors (Lipinski definition) is 7. The molecule has 1 aromatic carbocycles. The largest absolute Gasteiger partial charge is 0.365 e. The number of nitrogens with zero attached hydrogens (tertiary/aromatic N) is 5. The summed E-state index contributed by atoms with van der Waals surface area (Å²) in [6, 6.07) is 4.07. The Morgan fingerprint density at radius 3 is 2.52 bits per heavy atom. The minimum Gasteiger partial charge on any atom is -0.365 e. The summed E-state index contributed by atoms with van der Waals surface area (Å²) in [5, 5.41) is 3.48. The van der Waals surface area contributed by atoms with Crippen LogP contribution in [0, 0.1) is 11.6 Å². The van der Waals surface area contributed by atoms with Crippen LogP contribution >= 0.6 is 11.9 Å². The SMILES string of the molecule is CSN1CCc2nc(N3CCN(Cc4ccc(F)cc4F)CC3)c(NC(C)C)nc2C1. The van der Waals surface area contributed by atoms with Crippen LogP contribution in [0.4, 0.5) is 20.4 Å². The van der Waals surface area contributed by atoms with Crippen molar-refractivity contribution in [3.63, 3.8) is 0 Å². The molecule has 0 amide bonds. The summed E-state index contributed by atoms with van der Waals surface area (Å²) < 4.78 is 29.5. The molecule has 1 fully saturated rings. The van der Waals surface area contributed by atoms with Crippen LogP contribution in [-0.2, 0) is 19.5 Å². The van der Waals surface area contributed by atoms with Crippen molar-refractivity contribution in [3.05, 3.63) is 46.8 Å². The van der Waals surface area contributed by atoms with Gasteiger partial charge in [0.25, 0.3) is 0 Å². The third-order valence-electron chi connectivity index (χ3n) is 5.72. The van der Waals surface area contributed by atoms with Gasteiger partial charge in [-0.15, -0.1) is 0 Å². The number of fused-ring (bicyclic) bond motifs is 1. The number of rotatable bonds is 6. The van der Waals surface area contributed by atoms with Crippen LogP contribution in [0.1, 0.15) is 30.8 Å². The van der Waals surface area contributed by atoms with Crippen molar-refractivity contribution in [1.29, 1.82) is 0 Å². The molecule has 0 bridgehead atoms. The van der Waals surface area contributed by atoms with E-state index < -0.39 is 11.6 Å². The second-order valence-electron chi connectivity index (χ2n) is 8.38. The van der Waals surface area contributed by atoms with Gasteiger partial charge in [-0.05, 0) is 26.2 Å². The number of benzene rings is 1. The summed E-state index contributed by atoms with van der Waals surface area (Å²) in [6.45, 7) is 9.65. The monoisotopic (exact) mass is 448 g/mol. The van der Waals surface area contributed by atoms with Gasteiger partial charge in [-0.1, -0.05) is 18.0 Å². The Hall–Kier alpha value is -1.97. The highest BCUT2D eigenvalue weighted by atomic mass is 32.2. The Morgan fingerprint density at radius 1 is 1.06 bits per heavy atom. The lowest BCUT2D eigenvalue weighted by Gasteiger charge is -2.37. The molecule has 2 aliphatic rings. The first-order valence-electron chi connectivity index (χ1n) is 10.8.